The first kappa shape index (κ1) is 45.1. The van der Waals surface area contributed by atoms with Gasteiger partial charge in [0.05, 0.1) is 39.6 Å². The Morgan fingerprint density at radius 3 is 1.04 bits per heavy atom. The molecule has 6 aliphatic rings. The average Bonchev–Trinajstić information content (AvgIpc) is 3.77. The molecule has 3 spiro atoms. The van der Waals surface area contributed by atoms with Gasteiger partial charge < -0.3 is 60.9 Å². The van der Waals surface area contributed by atoms with E-state index in [1.54, 1.807) is 0 Å². The molecular formula is C34H65N3O12. The lowest BCUT2D eigenvalue weighted by molar-refractivity contribution is -0.283. The van der Waals surface area contributed by atoms with Gasteiger partial charge in [0.1, 0.15) is 16.6 Å². The second kappa shape index (κ2) is 20.2. The van der Waals surface area contributed by atoms with E-state index in [0.29, 0.717) is 97.4 Å². The Labute approximate surface area is 291 Å². The second-order valence-corrected chi connectivity index (χ2v) is 12.6. The quantitative estimate of drug-likeness (QED) is 0.245. The molecule has 49 heavy (non-hydrogen) atoms. The van der Waals surface area contributed by atoms with Crippen molar-refractivity contribution in [3.8, 4) is 0 Å². The summed E-state index contributed by atoms with van der Waals surface area (Å²) in [5, 5.41) is 26.9. The molecule has 3 aliphatic carbocycles. The van der Waals surface area contributed by atoms with E-state index in [0.717, 1.165) is 19.3 Å². The van der Waals surface area contributed by atoms with Crippen molar-refractivity contribution < 1.29 is 58.1 Å². The van der Waals surface area contributed by atoms with Crippen LogP contribution in [-0.2, 0) is 42.8 Å². The molecule has 0 aromatic carbocycles. The highest BCUT2D eigenvalue weighted by Crippen LogP contribution is 2.41. The van der Waals surface area contributed by atoms with Crippen molar-refractivity contribution in [2.75, 3.05) is 39.6 Å². The molecule has 1 atom stereocenters. The maximum absolute atomic E-state index is 11.0. The van der Waals surface area contributed by atoms with Crippen LogP contribution in [0.3, 0.4) is 0 Å². The van der Waals surface area contributed by atoms with Crippen LogP contribution in [0.2, 0.25) is 0 Å². The van der Waals surface area contributed by atoms with Gasteiger partial charge in [0.25, 0.3) is 0 Å². The monoisotopic (exact) mass is 707 g/mol. The predicted molar refractivity (Wildman–Crippen MR) is 182 cm³/mol. The van der Waals surface area contributed by atoms with Crippen molar-refractivity contribution in [3.63, 3.8) is 0 Å². The molecule has 0 radical (unpaired) electrons. The minimum Gasteiger partial charge on any atom is -0.480 e. The van der Waals surface area contributed by atoms with Gasteiger partial charge in [-0.25, -0.2) is 0 Å². The van der Waals surface area contributed by atoms with Crippen LogP contribution in [0.1, 0.15) is 125 Å². The SMILES string of the molecule is CC.CC.CC.NC1(C(=O)O)CCC2(CC1)OCCCO2.NC1(C(=O)O)CCC2(CC1)OCCO2.NC1(C(=O)O)CCCC2(C1)OCCO2. The standard InChI is InChI=1S/C10H17NO4.2C9H15NO4.3C2H6/c11-9(8(12)13)2-4-10(5-3-9)14-6-1-7-15-10;10-8(7(11)12)1-3-9(4-2-8)13-5-6-14-9;10-8(7(11)12)2-1-3-9(6-8)13-4-5-14-9;3*1-2/h1-7,11H2,(H,12,13);2*1-6,10H2,(H,11,12);3*1-2H3. The van der Waals surface area contributed by atoms with Gasteiger partial charge >= 0.3 is 17.9 Å². The lowest BCUT2D eigenvalue weighted by Crippen LogP contribution is -2.56. The van der Waals surface area contributed by atoms with E-state index in [4.69, 9.17) is 60.9 Å². The lowest BCUT2D eigenvalue weighted by atomic mass is 9.79. The Hall–Kier alpha value is -1.95. The van der Waals surface area contributed by atoms with Crippen molar-refractivity contribution in [2.24, 2.45) is 17.2 Å². The second-order valence-electron chi connectivity index (χ2n) is 12.6. The lowest BCUT2D eigenvalue weighted by Gasteiger charge is -2.44. The molecule has 3 aliphatic heterocycles. The number of hydrogen-bond donors (Lipinski definition) is 6. The summed E-state index contributed by atoms with van der Waals surface area (Å²) in [5.41, 5.74) is 14.0. The molecule has 6 rings (SSSR count). The van der Waals surface area contributed by atoms with E-state index in [1.807, 2.05) is 41.5 Å². The van der Waals surface area contributed by atoms with Crippen LogP contribution in [0, 0.1) is 0 Å². The number of hydrogen-bond acceptors (Lipinski definition) is 12. The van der Waals surface area contributed by atoms with Gasteiger partial charge in [-0.15, -0.1) is 0 Å². The third-order valence-electron chi connectivity index (χ3n) is 9.50. The highest BCUT2D eigenvalue weighted by molar-refractivity contribution is 5.79. The fraction of sp³-hybridized carbons (Fsp3) is 0.912. The molecule has 6 fully saturated rings. The zero-order chi connectivity index (χ0) is 37.4. The van der Waals surface area contributed by atoms with Gasteiger partial charge in [0, 0.05) is 38.5 Å². The maximum atomic E-state index is 11.0. The summed E-state index contributed by atoms with van der Waals surface area (Å²) in [6, 6.07) is 0. The Morgan fingerprint density at radius 2 is 0.714 bits per heavy atom. The van der Waals surface area contributed by atoms with E-state index in [2.05, 4.69) is 0 Å². The number of ether oxygens (including phenoxy) is 6. The van der Waals surface area contributed by atoms with Crippen molar-refractivity contribution in [1.82, 2.24) is 0 Å². The summed E-state index contributed by atoms with van der Waals surface area (Å²) in [4.78, 5) is 32.8. The highest BCUT2D eigenvalue weighted by Gasteiger charge is 2.51. The van der Waals surface area contributed by atoms with Crippen molar-refractivity contribution in [3.05, 3.63) is 0 Å². The first-order valence-electron chi connectivity index (χ1n) is 18.1. The van der Waals surface area contributed by atoms with E-state index >= 15 is 0 Å². The Bertz CT molecular complexity index is 990. The number of aliphatic carboxylic acids is 3. The van der Waals surface area contributed by atoms with Gasteiger partial charge in [0.15, 0.2) is 17.4 Å². The van der Waals surface area contributed by atoms with Crippen molar-refractivity contribution in [2.45, 2.75) is 159 Å². The van der Waals surface area contributed by atoms with E-state index < -0.39 is 51.9 Å². The van der Waals surface area contributed by atoms with Gasteiger partial charge in [-0.3, -0.25) is 14.4 Å². The van der Waals surface area contributed by atoms with Crippen LogP contribution in [-0.4, -0.2) is 107 Å². The van der Waals surface area contributed by atoms with Crippen molar-refractivity contribution in [1.29, 1.82) is 0 Å². The predicted octanol–water partition coefficient (Wildman–Crippen LogP) is 3.73. The molecule has 3 saturated carbocycles. The van der Waals surface area contributed by atoms with Gasteiger partial charge in [-0.05, 0) is 44.9 Å². The molecule has 9 N–H and O–H groups in total. The largest absolute Gasteiger partial charge is 0.480 e. The first-order chi connectivity index (χ1) is 23.2. The van der Waals surface area contributed by atoms with Crippen LogP contribution in [0.25, 0.3) is 0 Å². The molecule has 3 saturated heterocycles. The Kier molecular flexibility index (Phi) is 18.6. The average molecular weight is 708 g/mol. The summed E-state index contributed by atoms with van der Waals surface area (Å²) < 4.78 is 33.1. The van der Waals surface area contributed by atoms with Crippen LogP contribution >= 0.6 is 0 Å². The molecule has 15 nitrogen and oxygen atoms in total. The van der Waals surface area contributed by atoms with E-state index in [9.17, 15) is 14.4 Å². The van der Waals surface area contributed by atoms with Crippen LogP contribution < -0.4 is 17.2 Å². The summed E-state index contributed by atoms with van der Waals surface area (Å²) in [5.74, 6) is -4.60. The van der Waals surface area contributed by atoms with E-state index in [-0.39, 0.29) is 6.42 Å². The fourth-order valence-electron chi connectivity index (χ4n) is 6.53. The van der Waals surface area contributed by atoms with Crippen molar-refractivity contribution >= 4 is 17.9 Å². The number of rotatable bonds is 3. The molecule has 0 aromatic rings. The van der Waals surface area contributed by atoms with Crippen LogP contribution in [0.5, 0.6) is 0 Å². The number of carboxylic acid groups (broad SMARTS) is 3. The minimum absolute atomic E-state index is 0.259. The van der Waals surface area contributed by atoms with Gasteiger partial charge in [-0.2, -0.15) is 0 Å². The molecule has 288 valence electrons. The van der Waals surface area contributed by atoms with Crippen LogP contribution in [0.15, 0.2) is 0 Å². The maximum Gasteiger partial charge on any atom is 0.323 e. The fourth-order valence-corrected chi connectivity index (χ4v) is 6.53. The molecule has 0 amide bonds. The number of carbonyl (C=O) groups is 3. The van der Waals surface area contributed by atoms with Gasteiger partial charge in [-0.1, -0.05) is 41.5 Å². The topological polar surface area (TPSA) is 245 Å². The molecule has 1 unspecified atom stereocenters. The van der Waals surface area contributed by atoms with Crippen LogP contribution in [0.4, 0.5) is 0 Å². The summed E-state index contributed by atoms with van der Waals surface area (Å²) >= 11 is 0. The Morgan fingerprint density at radius 1 is 0.408 bits per heavy atom. The van der Waals surface area contributed by atoms with Gasteiger partial charge in [0.2, 0.25) is 0 Å². The third kappa shape index (κ3) is 12.1. The molecular weight excluding hydrogens is 642 g/mol. The zero-order valence-electron chi connectivity index (χ0n) is 30.7. The summed E-state index contributed by atoms with van der Waals surface area (Å²) in [6.07, 6.45) is 7.15. The molecule has 3 heterocycles. The van der Waals surface area contributed by atoms with E-state index in [1.165, 1.54) is 0 Å². The first-order valence-corrected chi connectivity index (χ1v) is 18.1. The normalized spacial score (nSPS) is 29.8. The third-order valence-corrected chi connectivity index (χ3v) is 9.50. The Balaban J connectivity index is 0.000000341. The minimum atomic E-state index is -1.18. The molecule has 0 aromatic heterocycles. The highest BCUT2D eigenvalue weighted by atomic mass is 16.7. The summed E-state index contributed by atoms with van der Waals surface area (Å²) in [6.45, 7) is 15.7. The molecule has 15 heteroatoms. The zero-order valence-corrected chi connectivity index (χ0v) is 30.7. The molecule has 0 bridgehead atoms. The number of nitrogens with two attached hydrogens (primary N) is 3. The summed E-state index contributed by atoms with van der Waals surface area (Å²) in [7, 11) is 0. The number of carboxylic acids is 3. The smallest absolute Gasteiger partial charge is 0.323 e.